The van der Waals surface area contributed by atoms with Crippen molar-refractivity contribution < 1.29 is 14.3 Å². The SMILES string of the molecule is CCOC(=O)c1nnc2n1CCN(C(=O)c1cc3ncc(Cl)cn3n1)C2. The van der Waals surface area contributed by atoms with Gasteiger partial charge in [-0.15, -0.1) is 10.2 Å². The van der Waals surface area contributed by atoms with E-state index in [4.69, 9.17) is 16.3 Å². The maximum atomic E-state index is 12.7. The van der Waals surface area contributed by atoms with Gasteiger partial charge in [0, 0.05) is 25.4 Å². The molecule has 0 aliphatic carbocycles. The van der Waals surface area contributed by atoms with E-state index in [-0.39, 0.29) is 30.6 Å². The second-order valence-corrected chi connectivity index (χ2v) is 6.08. The fraction of sp³-hybridized carbons (Fsp3) is 0.333. The third-order valence-corrected chi connectivity index (χ3v) is 4.19. The number of esters is 1. The molecule has 0 N–H and O–H groups in total. The first-order chi connectivity index (χ1) is 12.6. The van der Waals surface area contributed by atoms with Crippen molar-refractivity contribution in [2.75, 3.05) is 13.2 Å². The van der Waals surface area contributed by atoms with Crippen LogP contribution in [0.5, 0.6) is 0 Å². The molecule has 0 radical (unpaired) electrons. The van der Waals surface area contributed by atoms with Crippen molar-refractivity contribution >= 4 is 29.1 Å². The second kappa shape index (κ2) is 6.37. The molecule has 3 aromatic heterocycles. The van der Waals surface area contributed by atoms with Gasteiger partial charge in [-0.05, 0) is 6.92 Å². The molecule has 0 saturated heterocycles. The monoisotopic (exact) mass is 375 g/mol. The van der Waals surface area contributed by atoms with Gasteiger partial charge >= 0.3 is 5.97 Å². The Morgan fingerprint density at radius 3 is 2.96 bits per heavy atom. The standard InChI is InChI=1S/C15H14ClN7O3/c1-2-26-15(25)13-19-18-12-8-21(3-4-22(12)13)14(24)10-5-11-17-6-9(16)7-23(11)20-10/h5-7H,2-4,8H2,1H3. The minimum Gasteiger partial charge on any atom is -0.460 e. The molecule has 1 aliphatic rings. The first kappa shape index (κ1) is 16.5. The molecule has 10 nitrogen and oxygen atoms in total. The number of aromatic nitrogens is 6. The van der Waals surface area contributed by atoms with Gasteiger partial charge in [-0.3, -0.25) is 4.79 Å². The van der Waals surface area contributed by atoms with Crippen LogP contribution in [0.4, 0.5) is 0 Å². The number of amides is 1. The second-order valence-electron chi connectivity index (χ2n) is 5.64. The van der Waals surface area contributed by atoms with Crippen LogP contribution in [-0.4, -0.2) is 59.3 Å². The average molecular weight is 376 g/mol. The van der Waals surface area contributed by atoms with Crippen LogP contribution in [0, 0.1) is 0 Å². The van der Waals surface area contributed by atoms with E-state index in [1.54, 1.807) is 28.7 Å². The molecular formula is C15H14ClN7O3. The summed E-state index contributed by atoms with van der Waals surface area (Å²) in [4.78, 5) is 30.4. The van der Waals surface area contributed by atoms with E-state index in [9.17, 15) is 9.59 Å². The van der Waals surface area contributed by atoms with Crippen LogP contribution in [0.3, 0.4) is 0 Å². The summed E-state index contributed by atoms with van der Waals surface area (Å²) in [5.74, 6) is -0.0917. The summed E-state index contributed by atoms with van der Waals surface area (Å²) in [6, 6.07) is 1.60. The normalized spacial score (nSPS) is 13.7. The van der Waals surface area contributed by atoms with Crippen molar-refractivity contribution in [2.24, 2.45) is 0 Å². The van der Waals surface area contributed by atoms with E-state index >= 15 is 0 Å². The maximum Gasteiger partial charge on any atom is 0.376 e. The Bertz CT molecular complexity index is 1010. The quantitative estimate of drug-likeness (QED) is 0.623. The van der Waals surface area contributed by atoms with Gasteiger partial charge in [0.15, 0.2) is 17.2 Å². The molecule has 134 valence electrons. The van der Waals surface area contributed by atoms with Crippen molar-refractivity contribution in [3.63, 3.8) is 0 Å². The fourth-order valence-corrected chi connectivity index (χ4v) is 2.94. The summed E-state index contributed by atoms with van der Waals surface area (Å²) in [7, 11) is 0. The molecule has 0 unspecified atom stereocenters. The Labute approximate surface area is 152 Å². The summed E-state index contributed by atoms with van der Waals surface area (Å²) < 4.78 is 8.10. The summed E-state index contributed by atoms with van der Waals surface area (Å²) in [6.45, 7) is 3.02. The van der Waals surface area contributed by atoms with Crippen molar-refractivity contribution in [1.82, 2.24) is 34.3 Å². The van der Waals surface area contributed by atoms with E-state index < -0.39 is 5.97 Å². The van der Waals surface area contributed by atoms with Crippen LogP contribution in [0.1, 0.15) is 33.9 Å². The Hall–Kier alpha value is -3.01. The third kappa shape index (κ3) is 2.77. The number of halogens is 1. The zero-order valence-corrected chi connectivity index (χ0v) is 14.5. The molecule has 1 amide bonds. The molecule has 4 heterocycles. The number of ether oxygens (including phenoxy) is 1. The Morgan fingerprint density at radius 2 is 2.15 bits per heavy atom. The number of nitrogens with zero attached hydrogens (tertiary/aromatic N) is 7. The lowest BCUT2D eigenvalue weighted by molar-refractivity contribution is 0.0501. The van der Waals surface area contributed by atoms with Crippen LogP contribution in [0.2, 0.25) is 5.02 Å². The van der Waals surface area contributed by atoms with Crippen LogP contribution >= 0.6 is 11.6 Å². The van der Waals surface area contributed by atoms with Crippen LogP contribution in [-0.2, 0) is 17.8 Å². The first-order valence-corrected chi connectivity index (χ1v) is 8.34. The van der Waals surface area contributed by atoms with E-state index in [1.165, 1.54) is 10.7 Å². The third-order valence-electron chi connectivity index (χ3n) is 4.00. The molecule has 1 aliphatic heterocycles. The van der Waals surface area contributed by atoms with Crippen molar-refractivity contribution in [3.8, 4) is 0 Å². The highest BCUT2D eigenvalue weighted by molar-refractivity contribution is 6.30. The molecule has 0 saturated carbocycles. The largest absolute Gasteiger partial charge is 0.460 e. The van der Waals surface area contributed by atoms with E-state index in [1.807, 2.05) is 0 Å². The number of fused-ring (bicyclic) bond motifs is 2. The lowest BCUT2D eigenvalue weighted by Crippen LogP contribution is -2.39. The summed E-state index contributed by atoms with van der Waals surface area (Å²) in [5, 5.41) is 12.5. The Balaban J connectivity index is 1.56. The summed E-state index contributed by atoms with van der Waals surface area (Å²) in [6.07, 6.45) is 3.08. The van der Waals surface area contributed by atoms with Gasteiger partial charge in [0.2, 0.25) is 5.82 Å². The lowest BCUT2D eigenvalue weighted by atomic mass is 10.3. The number of carbonyl (C=O) groups excluding carboxylic acids is 2. The van der Waals surface area contributed by atoms with Gasteiger partial charge in [-0.25, -0.2) is 14.3 Å². The highest BCUT2D eigenvalue weighted by Gasteiger charge is 2.29. The van der Waals surface area contributed by atoms with Crippen LogP contribution in [0.25, 0.3) is 5.65 Å². The van der Waals surface area contributed by atoms with Gasteiger partial charge < -0.3 is 14.2 Å². The summed E-state index contributed by atoms with van der Waals surface area (Å²) >= 11 is 5.89. The Kier molecular flexibility index (Phi) is 4.03. The van der Waals surface area contributed by atoms with Gasteiger partial charge in [-0.2, -0.15) is 5.10 Å². The fourth-order valence-electron chi connectivity index (χ4n) is 2.80. The van der Waals surface area contributed by atoms with Gasteiger partial charge in [0.1, 0.15) is 0 Å². The maximum absolute atomic E-state index is 12.7. The summed E-state index contributed by atoms with van der Waals surface area (Å²) in [5.41, 5.74) is 0.792. The van der Waals surface area contributed by atoms with Gasteiger partial charge in [-0.1, -0.05) is 11.6 Å². The average Bonchev–Trinajstić information content (AvgIpc) is 3.24. The molecule has 0 bridgehead atoms. The van der Waals surface area contributed by atoms with E-state index in [2.05, 4.69) is 20.3 Å². The molecule has 0 aromatic carbocycles. The number of carbonyl (C=O) groups is 2. The van der Waals surface area contributed by atoms with Crippen molar-refractivity contribution in [1.29, 1.82) is 0 Å². The van der Waals surface area contributed by atoms with E-state index in [0.29, 0.717) is 29.6 Å². The highest BCUT2D eigenvalue weighted by Crippen LogP contribution is 2.17. The minimum absolute atomic E-state index is 0.153. The van der Waals surface area contributed by atoms with Crippen LogP contribution < -0.4 is 0 Å². The molecule has 0 fully saturated rings. The zero-order valence-electron chi connectivity index (χ0n) is 13.8. The zero-order chi connectivity index (χ0) is 18.3. The minimum atomic E-state index is -0.519. The number of rotatable bonds is 3. The van der Waals surface area contributed by atoms with Gasteiger partial charge in [0.05, 0.1) is 24.4 Å². The molecule has 0 spiro atoms. The Morgan fingerprint density at radius 1 is 1.31 bits per heavy atom. The smallest absolute Gasteiger partial charge is 0.376 e. The van der Waals surface area contributed by atoms with Crippen LogP contribution in [0.15, 0.2) is 18.5 Å². The van der Waals surface area contributed by atoms with Crippen molar-refractivity contribution in [3.05, 3.63) is 40.8 Å². The predicted octanol–water partition coefficient (Wildman–Crippen LogP) is 0.807. The predicted molar refractivity (Wildman–Crippen MR) is 88.7 cm³/mol. The highest BCUT2D eigenvalue weighted by atomic mass is 35.5. The molecule has 0 atom stereocenters. The first-order valence-electron chi connectivity index (χ1n) is 7.96. The molecule has 26 heavy (non-hydrogen) atoms. The molecule has 3 aromatic rings. The van der Waals surface area contributed by atoms with E-state index in [0.717, 1.165) is 0 Å². The number of hydrogen-bond acceptors (Lipinski definition) is 7. The van der Waals surface area contributed by atoms with Crippen molar-refractivity contribution in [2.45, 2.75) is 20.0 Å². The molecule has 4 rings (SSSR count). The molecule has 11 heteroatoms. The molecular weight excluding hydrogens is 362 g/mol. The topological polar surface area (TPSA) is 108 Å². The lowest BCUT2D eigenvalue weighted by Gasteiger charge is -2.26. The number of hydrogen-bond donors (Lipinski definition) is 0. The van der Waals surface area contributed by atoms with Gasteiger partial charge in [0.25, 0.3) is 5.91 Å².